The third-order valence-electron chi connectivity index (χ3n) is 3.35. The van der Waals surface area contributed by atoms with E-state index < -0.39 is 10.0 Å². The lowest BCUT2D eigenvalue weighted by Crippen LogP contribution is -2.28. The molecule has 6 heteroatoms. The van der Waals surface area contributed by atoms with Crippen molar-refractivity contribution in [1.82, 2.24) is 14.5 Å². The third kappa shape index (κ3) is 3.71. The van der Waals surface area contributed by atoms with Crippen LogP contribution in [0.1, 0.15) is 22.5 Å². The van der Waals surface area contributed by atoms with Gasteiger partial charge in [0.15, 0.2) is 0 Å². The molecule has 0 aliphatic rings. The number of nitrogens with zero attached hydrogens (tertiary/aromatic N) is 2. The van der Waals surface area contributed by atoms with Crippen LogP contribution in [0.4, 0.5) is 0 Å². The molecule has 0 atom stereocenters. The van der Waals surface area contributed by atoms with Crippen molar-refractivity contribution in [3.63, 3.8) is 0 Å². The maximum atomic E-state index is 12.3. The minimum absolute atomic E-state index is 0.317. The monoisotopic (exact) mass is 307 g/mol. The summed E-state index contributed by atoms with van der Waals surface area (Å²) < 4.78 is 29.1. The van der Waals surface area contributed by atoms with Crippen molar-refractivity contribution in [1.29, 1.82) is 0 Å². The van der Waals surface area contributed by atoms with Crippen LogP contribution in [0.2, 0.25) is 0 Å². The third-order valence-corrected chi connectivity index (χ3v) is 4.96. The van der Waals surface area contributed by atoms with Crippen LogP contribution in [0.5, 0.6) is 0 Å². The van der Waals surface area contributed by atoms with Gasteiger partial charge in [-0.1, -0.05) is 12.1 Å². The number of sulfonamides is 1. The SMILES string of the molecule is Cc1ccc(C)c(S(=O)(=O)NCCn2nc(C)cc2C)c1. The molecule has 0 bridgehead atoms. The lowest BCUT2D eigenvalue weighted by molar-refractivity contribution is 0.554. The molecule has 2 aromatic rings. The first kappa shape index (κ1) is 15.7. The molecule has 0 aliphatic carbocycles. The predicted molar refractivity (Wildman–Crippen MR) is 82.8 cm³/mol. The summed E-state index contributed by atoms with van der Waals surface area (Å²) in [7, 11) is -3.48. The number of aromatic nitrogens is 2. The van der Waals surface area contributed by atoms with Crippen molar-refractivity contribution in [2.24, 2.45) is 0 Å². The normalized spacial score (nSPS) is 11.8. The number of hydrogen-bond acceptors (Lipinski definition) is 3. The summed E-state index contributed by atoms with van der Waals surface area (Å²) in [6.45, 7) is 8.40. The Hall–Kier alpha value is -1.66. The number of benzene rings is 1. The highest BCUT2D eigenvalue weighted by Gasteiger charge is 2.16. The Balaban J connectivity index is 2.08. The molecule has 1 N–H and O–H groups in total. The molecule has 0 unspecified atom stereocenters. The lowest BCUT2D eigenvalue weighted by Gasteiger charge is -2.10. The first-order valence-electron chi connectivity index (χ1n) is 6.87. The van der Waals surface area contributed by atoms with Crippen molar-refractivity contribution in [3.8, 4) is 0 Å². The fourth-order valence-electron chi connectivity index (χ4n) is 2.26. The van der Waals surface area contributed by atoms with Gasteiger partial charge in [-0.25, -0.2) is 13.1 Å². The van der Waals surface area contributed by atoms with E-state index in [2.05, 4.69) is 9.82 Å². The van der Waals surface area contributed by atoms with Crippen molar-refractivity contribution in [3.05, 3.63) is 46.8 Å². The fraction of sp³-hybridized carbons (Fsp3) is 0.400. The highest BCUT2D eigenvalue weighted by molar-refractivity contribution is 7.89. The van der Waals surface area contributed by atoms with Gasteiger partial charge in [0.1, 0.15) is 0 Å². The summed E-state index contributed by atoms with van der Waals surface area (Å²) >= 11 is 0. The van der Waals surface area contributed by atoms with E-state index in [1.807, 2.05) is 39.0 Å². The largest absolute Gasteiger partial charge is 0.268 e. The molecule has 0 saturated heterocycles. The summed E-state index contributed by atoms with van der Waals surface area (Å²) in [5.74, 6) is 0. The van der Waals surface area contributed by atoms with Gasteiger partial charge in [0, 0.05) is 12.2 Å². The Morgan fingerprint density at radius 3 is 2.48 bits per heavy atom. The number of rotatable bonds is 5. The van der Waals surface area contributed by atoms with E-state index in [1.165, 1.54) is 0 Å². The average Bonchev–Trinajstić information content (AvgIpc) is 2.70. The topological polar surface area (TPSA) is 64.0 Å². The second kappa shape index (κ2) is 5.99. The lowest BCUT2D eigenvalue weighted by atomic mass is 10.2. The molecule has 114 valence electrons. The number of hydrogen-bond donors (Lipinski definition) is 1. The first-order chi connectivity index (χ1) is 9.79. The van der Waals surface area contributed by atoms with Gasteiger partial charge in [-0.05, 0) is 51.0 Å². The fourth-order valence-corrected chi connectivity index (χ4v) is 3.61. The van der Waals surface area contributed by atoms with Gasteiger partial charge in [0.05, 0.1) is 17.1 Å². The highest BCUT2D eigenvalue weighted by atomic mass is 32.2. The zero-order valence-electron chi connectivity index (χ0n) is 12.8. The van der Waals surface area contributed by atoms with Gasteiger partial charge in [0.25, 0.3) is 0 Å². The van der Waals surface area contributed by atoms with Crippen LogP contribution in [-0.4, -0.2) is 24.7 Å². The minimum Gasteiger partial charge on any atom is -0.268 e. The Morgan fingerprint density at radius 2 is 1.86 bits per heavy atom. The molecule has 1 aromatic heterocycles. The molecular formula is C15H21N3O2S. The molecule has 0 spiro atoms. The van der Waals surface area contributed by atoms with Crippen molar-refractivity contribution in [2.75, 3.05) is 6.54 Å². The second-order valence-electron chi connectivity index (χ2n) is 5.32. The van der Waals surface area contributed by atoms with Crippen LogP contribution in [-0.2, 0) is 16.6 Å². The predicted octanol–water partition coefficient (Wildman–Crippen LogP) is 2.10. The molecule has 0 amide bonds. The van der Waals surface area contributed by atoms with Gasteiger partial charge < -0.3 is 0 Å². The van der Waals surface area contributed by atoms with Crippen LogP contribution in [0.25, 0.3) is 0 Å². The molecule has 5 nitrogen and oxygen atoms in total. The van der Waals surface area contributed by atoms with Crippen LogP contribution in [0, 0.1) is 27.7 Å². The zero-order chi connectivity index (χ0) is 15.6. The summed E-state index contributed by atoms with van der Waals surface area (Å²) in [5.41, 5.74) is 3.64. The smallest absolute Gasteiger partial charge is 0.240 e. The van der Waals surface area contributed by atoms with E-state index in [0.29, 0.717) is 18.0 Å². The van der Waals surface area contributed by atoms with E-state index in [-0.39, 0.29) is 0 Å². The molecule has 1 heterocycles. The molecule has 1 aromatic carbocycles. The minimum atomic E-state index is -3.48. The molecular weight excluding hydrogens is 286 g/mol. The summed E-state index contributed by atoms with van der Waals surface area (Å²) in [6.07, 6.45) is 0. The number of nitrogens with one attached hydrogen (secondary N) is 1. The summed E-state index contributed by atoms with van der Waals surface area (Å²) in [5, 5.41) is 4.32. The maximum Gasteiger partial charge on any atom is 0.240 e. The Bertz CT molecular complexity index is 748. The molecule has 0 saturated carbocycles. The van der Waals surface area contributed by atoms with E-state index in [4.69, 9.17) is 0 Å². The average molecular weight is 307 g/mol. The van der Waals surface area contributed by atoms with E-state index in [1.54, 1.807) is 17.7 Å². The van der Waals surface area contributed by atoms with Crippen LogP contribution in [0.3, 0.4) is 0 Å². The quantitative estimate of drug-likeness (QED) is 0.920. The van der Waals surface area contributed by atoms with E-state index in [9.17, 15) is 8.42 Å². The molecule has 0 radical (unpaired) electrons. The van der Waals surface area contributed by atoms with Crippen molar-refractivity contribution in [2.45, 2.75) is 39.1 Å². The van der Waals surface area contributed by atoms with E-state index >= 15 is 0 Å². The first-order valence-corrected chi connectivity index (χ1v) is 8.36. The number of aryl methyl sites for hydroxylation is 4. The Labute approximate surface area is 126 Å². The van der Waals surface area contributed by atoms with Gasteiger partial charge in [-0.3, -0.25) is 4.68 Å². The highest BCUT2D eigenvalue weighted by Crippen LogP contribution is 2.16. The molecule has 2 rings (SSSR count). The van der Waals surface area contributed by atoms with Crippen LogP contribution < -0.4 is 4.72 Å². The zero-order valence-corrected chi connectivity index (χ0v) is 13.7. The second-order valence-corrected chi connectivity index (χ2v) is 7.05. The van der Waals surface area contributed by atoms with Crippen molar-refractivity contribution >= 4 is 10.0 Å². The van der Waals surface area contributed by atoms with Gasteiger partial charge >= 0.3 is 0 Å². The molecule has 0 aliphatic heterocycles. The van der Waals surface area contributed by atoms with Gasteiger partial charge in [-0.2, -0.15) is 5.10 Å². The van der Waals surface area contributed by atoms with Crippen LogP contribution in [0.15, 0.2) is 29.2 Å². The van der Waals surface area contributed by atoms with E-state index in [0.717, 1.165) is 22.5 Å². The van der Waals surface area contributed by atoms with Gasteiger partial charge in [0.2, 0.25) is 10.0 Å². The molecule has 21 heavy (non-hydrogen) atoms. The van der Waals surface area contributed by atoms with Crippen molar-refractivity contribution < 1.29 is 8.42 Å². The summed E-state index contributed by atoms with van der Waals surface area (Å²) in [4.78, 5) is 0.343. The Kier molecular flexibility index (Phi) is 4.49. The molecule has 0 fully saturated rings. The standard InChI is InChI=1S/C15H21N3O2S/c1-11-5-6-12(2)15(9-11)21(19,20)16-7-8-18-14(4)10-13(3)17-18/h5-6,9-10,16H,7-8H2,1-4H3. The Morgan fingerprint density at radius 1 is 1.14 bits per heavy atom. The maximum absolute atomic E-state index is 12.3. The van der Waals surface area contributed by atoms with Crippen LogP contribution >= 0.6 is 0 Å². The van der Waals surface area contributed by atoms with Gasteiger partial charge in [-0.15, -0.1) is 0 Å². The summed E-state index contributed by atoms with van der Waals surface area (Å²) in [6, 6.07) is 7.40.